The van der Waals surface area contributed by atoms with Gasteiger partial charge in [-0.05, 0) is 77.4 Å². The van der Waals surface area contributed by atoms with E-state index >= 15 is 0 Å². The second-order valence-corrected chi connectivity index (χ2v) is 11.5. The summed E-state index contributed by atoms with van der Waals surface area (Å²) in [6, 6.07) is 0. The minimum Gasteiger partial charge on any atom is -0.469 e. The number of hydrogen-bond acceptors (Lipinski definition) is 2. The Kier molecular flexibility index (Phi) is 3.53. The lowest BCUT2D eigenvalue weighted by Gasteiger charge is -2.53. The van der Waals surface area contributed by atoms with Crippen LogP contribution < -0.4 is 0 Å². The number of hydrogen-bond donors (Lipinski definition) is 0. The summed E-state index contributed by atoms with van der Waals surface area (Å²) in [6.45, 7) is 14.8. The first-order valence-electron chi connectivity index (χ1n) is 10.1. The molecule has 2 heteroatoms. The Morgan fingerprint density at radius 3 is 1.83 bits per heavy atom. The molecule has 0 aromatic rings. The summed E-state index contributed by atoms with van der Waals surface area (Å²) < 4.78 is 5.15. The highest BCUT2D eigenvalue weighted by Crippen LogP contribution is 2.75. The van der Waals surface area contributed by atoms with Crippen molar-refractivity contribution in [1.82, 2.24) is 0 Å². The van der Waals surface area contributed by atoms with Gasteiger partial charge in [0.25, 0.3) is 0 Å². The van der Waals surface area contributed by atoms with E-state index < -0.39 is 0 Å². The van der Waals surface area contributed by atoms with Crippen molar-refractivity contribution >= 4 is 5.97 Å². The van der Waals surface area contributed by atoms with E-state index in [-0.39, 0.29) is 11.9 Å². The zero-order valence-corrected chi connectivity index (χ0v) is 16.6. The van der Waals surface area contributed by atoms with Crippen LogP contribution in [0.1, 0.15) is 60.8 Å². The van der Waals surface area contributed by atoms with Crippen LogP contribution in [-0.4, -0.2) is 13.1 Å². The van der Waals surface area contributed by atoms with Crippen LogP contribution in [0.3, 0.4) is 0 Å². The molecule has 0 N–H and O–H groups in total. The van der Waals surface area contributed by atoms with E-state index in [2.05, 4.69) is 41.5 Å². The van der Waals surface area contributed by atoms with Gasteiger partial charge in [-0.15, -0.1) is 0 Å². The Morgan fingerprint density at radius 2 is 1.33 bits per heavy atom. The smallest absolute Gasteiger partial charge is 0.308 e. The van der Waals surface area contributed by atoms with Crippen LogP contribution in [0.2, 0.25) is 0 Å². The van der Waals surface area contributed by atoms with Crippen molar-refractivity contribution in [2.75, 3.05) is 7.11 Å². The zero-order chi connectivity index (χ0) is 17.6. The molecule has 136 valence electrons. The second kappa shape index (κ2) is 5.01. The van der Waals surface area contributed by atoms with Crippen molar-refractivity contribution in [3.8, 4) is 0 Å². The summed E-state index contributed by atoms with van der Waals surface area (Å²) in [7, 11) is 1.57. The molecule has 0 saturated heterocycles. The number of carbonyl (C=O) groups excluding carboxylic acids is 1. The molecule has 0 radical (unpaired) electrons. The van der Waals surface area contributed by atoms with Crippen molar-refractivity contribution in [3.63, 3.8) is 0 Å². The van der Waals surface area contributed by atoms with Crippen LogP contribution in [0.4, 0.5) is 0 Å². The van der Waals surface area contributed by atoms with Gasteiger partial charge in [0, 0.05) is 0 Å². The summed E-state index contributed by atoms with van der Waals surface area (Å²) in [5.74, 6) is 6.80. The van der Waals surface area contributed by atoms with Crippen LogP contribution in [0, 0.1) is 64.1 Å². The van der Waals surface area contributed by atoms with Crippen molar-refractivity contribution in [2.24, 2.45) is 64.1 Å². The SMILES string of the molecule is COC(=O)C1CC2CC1C1C3CC(C21)C(C(C)(C)C)C3C(C)(C)C. The van der Waals surface area contributed by atoms with Crippen LogP contribution in [0.5, 0.6) is 0 Å². The van der Waals surface area contributed by atoms with Gasteiger partial charge in [0.1, 0.15) is 0 Å². The fraction of sp³-hybridized carbons (Fsp3) is 0.955. The highest BCUT2D eigenvalue weighted by atomic mass is 16.5. The third-order valence-electron chi connectivity index (χ3n) is 8.48. The zero-order valence-electron chi connectivity index (χ0n) is 16.6. The third-order valence-corrected chi connectivity index (χ3v) is 8.48. The van der Waals surface area contributed by atoms with Crippen molar-refractivity contribution in [1.29, 1.82) is 0 Å². The van der Waals surface area contributed by atoms with Crippen molar-refractivity contribution < 1.29 is 9.53 Å². The molecule has 0 aromatic heterocycles. The van der Waals surface area contributed by atoms with Crippen LogP contribution >= 0.6 is 0 Å². The summed E-state index contributed by atoms with van der Waals surface area (Å²) >= 11 is 0. The third kappa shape index (κ3) is 2.10. The summed E-state index contributed by atoms with van der Waals surface area (Å²) in [4.78, 5) is 12.3. The largest absolute Gasteiger partial charge is 0.469 e. The van der Waals surface area contributed by atoms with Gasteiger partial charge in [0.2, 0.25) is 0 Å². The molecule has 24 heavy (non-hydrogen) atoms. The first-order chi connectivity index (χ1) is 11.1. The lowest BCUT2D eigenvalue weighted by molar-refractivity contribution is -0.150. The summed E-state index contributed by atoms with van der Waals surface area (Å²) in [6.07, 6.45) is 3.84. The van der Waals surface area contributed by atoms with E-state index in [0.717, 1.165) is 47.8 Å². The number of rotatable bonds is 1. The van der Waals surface area contributed by atoms with Gasteiger partial charge in [-0.3, -0.25) is 4.79 Å². The topological polar surface area (TPSA) is 26.3 Å². The number of ether oxygens (including phenoxy) is 1. The maximum absolute atomic E-state index is 12.3. The molecule has 4 aliphatic rings. The molecule has 4 saturated carbocycles. The van der Waals surface area contributed by atoms with E-state index in [4.69, 9.17) is 4.74 Å². The second-order valence-electron chi connectivity index (χ2n) is 11.5. The maximum atomic E-state index is 12.3. The Balaban J connectivity index is 1.69. The first-order valence-corrected chi connectivity index (χ1v) is 10.1. The average molecular weight is 333 g/mol. The number of fused-ring (bicyclic) bond motifs is 9. The highest BCUT2D eigenvalue weighted by Gasteiger charge is 2.70. The molecule has 0 heterocycles. The lowest BCUT2D eigenvalue weighted by atomic mass is 9.52. The maximum Gasteiger partial charge on any atom is 0.308 e. The predicted molar refractivity (Wildman–Crippen MR) is 96.2 cm³/mol. The van der Waals surface area contributed by atoms with E-state index in [1.807, 2.05) is 0 Å². The molecule has 0 aliphatic heterocycles. The van der Waals surface area contributed by atoms with Gasteiger partial charge in [-0.2, -0.15) is 0 Å². The summed E-state index contributed by atoms with van der Waals surface area (Å²) in [5.41, 5.74) is 0.761. The van der Waals surface area contributed by atoms with Crippen LogP contribution in [0.15, 0.2) is 0 Å². The van der Waals surface area contributed by atoms with E-state index in [0.29, 0.717) is 16.7 Å². The average Bonchev–Trinajstić information content (AvgIpc) is 3.18. The molecule has 9 unspecified atom stereocenters. The van der Waals surface area contributed by atoms with Gasteiger partial charge in [-0.1, -0.05) is 41.5 Å². The number of methoxy groups -OCH3 is 1. The Bertz CT molecular complexity index is 537. The van der Waals surface area contributed by atoms with Gasteiger partial charge in [0.15, 0.2) is 0 Å². The minimum atomic E-state index is 0.0726. The van der Waals surface area contributed by atoms with Crippen LogP contribution in [-0.2, 0) is 9.53 Å². The molecule has 4 rings (SSSR count). The predicted octanol–water partition coefficient (Wildman–Crippen LogP) is 5.02. The van der Waals surface area contributed by atoms with E-state index in [9.17, 15) is 4.79 Å². The van der Waals surface area contributed by atoms with Gasteiger partial charge in [0.05, 0.1) is 13.0 Å². The fourth-order valence-corrected chi connectivity index (χ4v) is 8.41. The van der Waals surface area contributed by atoms with Crippen molar-refractivity contribution in [2.45, 2.75) is 60.8 Å². The summed E-state index contributed by atoms with van der Waals surface area (Å²) in [5, 5.41) is 0. The molecule has 0 aromatic carbocycles. The van der Waals surface area contributed by atoms with Gasteiger partial charge < -0.3 is 4.74 Å². The molecule has 9 atom stereocenters. The Labute approximate surface area is 148 Å². The standard InChI is InChI=1S/C22H36O2/c1-21(2,3)18-14-10-15(19(18)22(4,5)6)17-12-8-11(16(14)17)9-13(12)20(23)24-7/h11-19H,8-10H2,1-7H3. The fourth-order valence-electron chi connectivity index (χ4n) is 8.41. The molecule has 0 amide bonds. The van der Waals surface area contributed by atoms with Gasteiger partial charge >= 0.3 is 5.97 Å². The van der Waals surface area contributed by atoms with Crippen LogP contribution in [0.25, 0.3) is 0 Å². The monoisotopic (exact) mass is 332 g/mol. The Hall–Kier alpha value is -0.530. The molecule has 2 nitrogen and oxygen atoms in total. The molecular formula is C22H36O2. The first kappa shape index (κ1) is 16.9. The van der Waals surface area contributed by atoms with Gasteiger partial charge in [-0.25, -0.2) is 0 Å². The number of esters is 1. The quantitative estimate of drug-likeness (QED) is 0.498. The highest BCUT2D eigenvalue weighted by molar-refractivity contribution is 5.73. The normalized spacial score (nSPS) is 49.5. The van der Waals surface area contributed by atoms with Crippen molar-refractivity contribution in [3.05, 3.63) is 0 Å². The Morgan fingerprint density at radius 1 is 0.792 bits per heavy atom. The molecular weight excluding hydrogens is 296 g/mol. The minimum absolute atomic E-state index is 0.0726. The molecule has 4 fully saturated rings. The lowest BCUT2D eigenvalue weighted by Crippen LogP contribution is -2.49. The number of carbonyl (C=O) groups is 1. The molecule has 0 spiro atoms. The molecule has 4 aliphatic carbocycles. The van der Waals surface area contributed by atoms with E-state index in [1.165, 1.54) is 12.8 Å². The molecule has 4 bridgehead atoms. The van der Waals surface area contributed by atoms with E-state index in [1.54, 1.807) is 7.11 Å².